The average Bonchev–Trinajstić information content (AvgIpc) is 3.21. The first-order valence-corrected chi connectivity index (χ1v) is 11.5. The van der Waals surface area contributed by atoms with Crippen LogP contribution in [0.3, 0.4) is 0 Å². The van der Waals surface area contributed by atoms with Crippen LogP contribution in [0.25, 0.3) is 5.69 Å². The molecular weight excluding hydrogens is 408 g/mol. The van der Waals surface area contributed by atoms with Crippen molar-refractivity contribution in [1.82, 2.24) is 30.5 Å². The molecule has 0 atom stereocenters. The lowest BCUT2D eigenvalue weighted by atomic mass is 9.96. The van der Waals surface area contributed by atoms with Gasteiger partial charge in [0, 0.05) is 31.2 Å². The zero-order valence-corrected chi connectivity index (χ0v) is 18.8. The molecule has 9 heteroatoms. The molecule has 4 rings (SSSR count). The van der Waals surface area contributed by atoms with Gasteiger partial charge in [0.2, 0.25) is 0 Å². The van der Waals surface area contributed by atoms with Crippen molar-refractivity contribution in [3.8, 4) is 11.4 Å². The van der Waals surface area contributed by atoms with E-state index in [0.29, 0.717) is 36.3 Å². The molecule has 2 N–H and O–H groups in total. The summed E-state index contributed by atoms with van der Waals surface area (Å²) in [4.78, 5) is 27.2. The summed E-state index contributed by atoms with van der Waals surface area (Å²) < 4.78 is 6.93. The maximum absolute atomic E-state index is 13.1. The van der Waals surface area contributed by atoms with Gasteiger partial charge >= 0.3 is 6.03 Å². The maximum Gasteiger partial charge on any atom is 0.315 e. The van der Waals surface area contributed by atoms with Crippen LogP contribution in [0.15, 0.2) is 24.3 Å². The van der Waals surface area contributed by atoms with E-state index in [1.165, 1.54) is 19.3 Å². The van der Waals surface area contributed by atoms with Crippen LogP contribution in [0.1, 0.15) is 61.1 Å². The van der Waals surface area contributed by atoms with E-state index < -0.39 is 0 Å². The summed E-state index contributed by atoms with van der Waals surface area (Å²) in [6.07, 6.45) is 7.23. The van der Waals surface area contributed by atoms with Crippen molar-refractivity contribution < 1.29 is 14.3 Å². The van der Waals surface area contributed by atoms with Gasteiger partial charge in [0.05, 0.1) is 18.5 Å². The minimum absolute atomic E-state index is 0.0798. The lowest BCUT2D eigenvalue weighted by Gasteiger charge is -2.32. The third kappa shape index (κ3) is 5.03. The summed E-state index contributed by atoms with van der Waals surface area (Å²) in [6.45, 7) is 3.01. The molecule has 2 fully saturated rings. The van der Waals surface area contributed by atoms with Crippen molar-refractivity contribution in [2.45, 2.75) is 64.0 Å². The Bertz CT molecular complexity index is 945. The molecule has 2 heterocycles. The Labute approximate surface area is 188 Å². The minimum atomic E-state index is -0.123. The molecule has 9 nitrogen and oxygen atoms in total. The third-order valence-corrected chi connectivity index (χ3v) is 6.45. The van der Waals surface area contributed by atoms with Gasteiger partial charge in [0.25, 0.3) is 5.91 Å². The van der Waals surface area contributed by atoms with Gasteiger partial charge in [0.1, 0.15) is 5.75 Å². The number of likely N-dealkylation sites (tertiary alicyclic amines) is 1. The Kier molecular flexibility index (Phi) is 6.92. The van der Waals surface area contributed by atoms with Crippen LogP contribution >= 0.6 is 0 Å². The van der Waals surface area contributed by atoms with Gasteiger partial charge in [0.15, 0.2) is 5.69 Å². The average molecular weight is 441 g/mol. The number of urea groups is 1. The summed E-state index contributed by atoms with van der Waals surface area (Å²) in [7, 11) is 1.61. The van der Waals surface area contributed by atoms with Crippen molar-refractivity contribution in [3.05, 3.63) is 35.7 Å². The van der Waals surface area contributed by atoms with E-state index in [-0.39, 0.29) is 18.0 Å². The molecule has 2 aromatic rings. The first-order chi connectivity index (χ1) is 15.5. The Morgan fingerprint density at radius 1 is 1.03 bits per heavy atom. The molecule has 1 saturated heterocycles. The molecule has 2 aliphatic rings. The van der Waals surface area contributed by atoms with E-state index in [4.69, 9.17) is 4.74 Å². The van der Waals surface area contributed by atoms with Crippen LogP contribution in [0.2, 0.25) is 0 Å². The number of hydrogen-bond acceptors (Lipinski definition) is 5. The van der Waals surface area contributed by atoms with Gasteiger partial charge in [-0.1, -0.05) is 30.5 Å². The number of aromatic nitrogens is 3. The Balaban J connectivity index is 1.31. The van der Waals surface area contributed by atoms with Crippen molar-refractivity contribution in [2.24, 2.45) is 0 Å². The highest BCUT2D eigenvalue weighted by atomic mass is 16.5. The SMILES string of the molecule is COc1cccc(-n2nnc(C(=O)N3CCC(NC(=O)NC4CCCCC4)CC3)c2C)c1. The van der Waals surface area contributed by atoms with Crippen LogP contribution < -0.4 is 15.4 Å². The second-order valence-electron chi connectivity index (χ2n) is 8.66. The molecule has 3 amide bonds. The van der Waals surface area contributed by atoms with E-state index in [1.807, 2.05) is 31.2 Å². The fourth-order valence-electron chi connectivity index (χ4n) is 4.55. The van der Waals surface area contributed by atoms with E-state index in [9.17, 15) is 9.59 Å². The normalized spacial score (nSPS) is 17.8. The van der Waals surface area contributed by atoms with Crippen LogP contribution in [0, 0.1) is 6.92 Å². The van der Waals surface area contributed by atoms with Gasteiger partial charge < -0.3 is 20.3 Å². The van der Waals surface area contributed by atoms with E-state index in [1.54, 1.807) is 16.7 Å². The number of amides is 3. The summed E-state index contributed by atoms with van der Waals surface area (Å²) in [5.74, 6) is 0.592. The number of benzene rings is 1. The van der Waals surface area contributed by atoms with E-state index in [0.717, 1.165) is 31.4 Å². The molecule has 0 spiro atoms. The standard InChI is InChI=1S/C23H32N6O3/c1-16-21(26-27-29(16)19-9-6-10-20(15-19)32-2)22(30)28-13-11-18(12-14-28)25-23(31)24-17-7-4-3-5-8-17/h6,9-10,15,17-18H,3-5,7-8,11-14H2,1-2H3,(H2,24,25,31). The number of nitrogens with zero attached hydrogens (tertiary/aromatic N) is 4. The van der Waals surface area contributed by atoms with Gasteiger partial charge in [-0.25, -0.2) is 9.48 Å². The Hall–Kier alpha value is -3.10. The van der Waals surface area contributed by atoms with Gasteiger partial charge in [-0.05, 0) is 44.7 Å². The van der Waals surface area contributed by atoms with E-state index >= 15 is 0 Å². The molecule has 32 heavy (non-hydrogen) atoms. The third-order valence-electron chi connectivity index (χ3n) is 6.45. The zero-order chi connectivity index (χ0) is 22.5. The number of carbonyl (C=O) groups is 2. The number of rotatable bonds is 5. The number of carbonyl (C=O) groups excluding carboxylic acids is 2. The van der Waals surface area contributed by atoms with Crippen molar-refractivity contribution in [1.29, 1.82) is 0 Å². The summed E-state index contributed by atoms with van der Waals surface area (Å²) in [6, 6.07) is 7.77. The van der Waals surface area contributed by atoms with Crippen LogP contribution in [0.4, 0.5) is 4.79 Å². The predicted molar refractivity (Wildman–Crippen MR) is 120 cm³/mol. The summed E-state index contributed by atoms with van der Waals surface area (Å²) in [5, 5.41) is 14.5. The zero-order valence-electron chi connectivity index (χ0n) is 18.8. The predicted octanol–water partition coefficient (Wildman–Crippen LogP) is 2.82. The molecule has 172 valence electrons. The molecular formula is C23H32N6O3. The van der Waals surface area contributed by atoms with Crippen LogP contribution in [-0.2, 0) is 0 Å². The first-order valence-electron chi connectivity index (χ1n) is 11.5. The highest BCUT2D eigenvalue weighted by Crippen LogP contribution is 2.20. The fraction of sp³-hybridized carbons (Fsp3) is 0.565. The fourth-order valence-corrected chi connectivity index (χ4v) is 4.55. The number of hydrogen-bond donors (Lipinski definition) is 2. The monoisotopic (exact) mass is 440 g/mol. The topological polar surface area (TPSA) is 101 Å². The molecule has 0 radical (unpaired) electrons. The van der Waals surface area contributed by atoms with E-state index in [2.05, 4.69) is 20.9 Å². The van der Waals surface area contributed by atoms with Gasteiger partial charge in [-0.3, -0.25) is 4.79 Å². The number of piperidine rings is 1. The molecule has 1 aliphatic heterocycles. The largest absolute Gasteiger partial charge is 0.497 e. The smallest absolute Gasteiger partial charge is 0.315 e. The van der Waals surface area contributed by atoms with Crippen molar-refractivity contribution >= 4 is 11.9 Å². The maximum atomic E-state index is 13.1. The molecule has 1 aromatic heterocycles. The lowest BCUT2D eigenvalue weighted by molar-refractivity contribution is 0.0701. The molecule has 0 bridgehead atoms. The van der Waals surface area contributed by atoms with Gasteiger partial charge in [-0.2, -0.15) is 0 Å². The Morgan fingerprint density at radius 3 is 2.41 bits per heavy atom. The number of methoxy groups -OCH3 is 1. The highest BCUT2D eigenvalue weighted by molar-refractivity contribution is 5.93. The number of nitrogens with one attached hydrogen (secondary N) is 2. The second kappa shape index (κ2) is 10.0. The van der Waals surface area contributed by atoms with Crippen LogP contribution in [0.5, 0.6) is 5.75 Å². The minimum Gasteiger partial charge on any atom is -0.497 e. The quantitative estimate of drug-likeness (QED) is 0.745. The van der Waals surface area contributed by atoms with Crippen LogP contribution in [-0.4, -0.2) is 64.1 Å². The van der Waals surface area contributed by atoms with Crippen molar-refractivity contribution in [3.63, 3.8) is 0 Å². The lowest BCUT2D eigenvalue weighted by Crippen LogP contribution is -2.51. The summed E-state index contributed by atoms with van der Waals surface area (Å²) >= 11 is 0. The molecule has 1 aliphatic carbocycles. The Morgan fingerprint density at radius 2 is 1.72 bits per heavy atom. The molecule has 0 unspecified atom stereocenters. The van der Waals surface area contributed by atoms with Gasteiger partial charge in [-0.15, -0.1) is 5.10 Å². The van der Waals surface area contributed by atoms with Crippen molar-refractivity contribution in [2.75, 3.05) is 20.2 Å². The molecule has 1 aromatic carbocycles. The first kappa shape index (κ1) is 22.1. The highest BCUT2D eigenvalue weighted by Gasteiger charge is 2.28. The number of ether oxygens (including phenoxy) is 1. The molecule has 1 saturated carbocycles. The second-order valence-corrected chi connectivity index (χ2v) is 8.66. The summed E-state index contributed by atoms with van der Waals surface area (Å²) in [5.41, 5.74) is 1.84.